The second kappa shape index (κ2) is 8.12. The van der Waals surface area contributed by atoms with Gasteiger partial charge < -0.3 is 10.1 Å². The van der Waals surface area contributed by atoms with Crippen molar-refractivity contribution in [2.75, 3.05) is 11.9 Å². The van der Waals surface area contributed by atoms with E-state index < -0.39 is 18.5 Å². The predicted molar refractivity (Wildman–Crippen MR) is 96.4 cm³/mol. The van der Waals surface area contributed by atoms with Crippen molar-refractivity contribution in [3.63, 3.8) is 0 Å². The van der Waals surface area contributed by atoms with E-state index in [-0.39, 0.29) is 5.56 Å². The summed E-state index contributed by atoms with van der Waals surface area (Å²) in [6, 6.07) is 12.7. The molecular weight excluding hydrogens is 370 g/mol. The Bertz CT molecular complexity index is 1010. The SMILES string of the molecule is N#Cc1ccc(C(=O)OCC(=O)Nc2cc(Cl)ccc2-n2cncn2)cc1. The number of nitrogens with zero attached hydrogens (tertiary/aromatic N) is 4. The average molecular weight is 382 g/mol. The number of carbonyl (C=O) groups excluding carboxylic acids is 2. The van der Waals surface area contributed by atoms with Gasteiger partial charge >= 0.3 is 5.97 Å². The highest BCUT2D eigenvalue weighted by Crippen LogP contribution is 2.23. The van der Waals surface area contributed by atoms with Crippen molar-refractivity contribution < 1.29 is 14.3 Å². The Morgan fingerprint density at radius 1 is 1.22 bits per heavy atom. The minimum absolute atomic E-state index is 0.243. The highest BCUT2D eigenvalue weighted by molar-refractivity contribution is 6.31. The van der Waals surface area contributed by atoms with Gasteiger partial charge in [-0.25, -0.2) is 14.5 Å². The van der Waals surface area contributed by atoms with Crippen molar-refractivity contribution in [2.45, 2.75) is 0 Å². The molecule has 0 radical (unpaired) electrons. The molecule has 0 aliphatic carbocycles. The first kappa shape index (κ1) is 18.1. The molecule has 0 unspecified atom stereocenters. The van der Waals surface area contributed by atoms with Gasteiger partial charge in [0.05, 0.1) is 28.6 Å². The lowest BCUT2D eigenvalue weighted by atomic mass is 10.1. The van der Waals surface area contributed by atoms with Crippen LogP contribution in [0.3, 0.4) is 0 Å². The first-order valence-corrected chi connectivity index (χ1v) is 8.06. The van der Waals surface area contributed by atoms with Crippen LogP contribution in [0, 0.1) is 11.3 Å². The topological polar surface area (TPSA) is 110 Å². The van der Waals surface area contributed by atoms with Gasteiger partial charge in [0.2, 0.25) is 0 Å². The van der Waals surface area contributed by atoms with Crippen LogP contribution in [0.1, 0.15) is 15.9 Å². The van der Waals surface area contributed by atoms with E-state index in [0.717, 1.165) is 0 Å². The lowest BCUT2D eigenvalue weighted by molar-refractivity contribution is -0.119. The molecule has 0 spiro atoms. The van der Waals surface area contributed by atoms with Crippen LogP contribution in [-0.2, 0) is 9.53 Å². The summed E-state index contributed by atoms with van der Waals surface area (Å²) in [6.07, 6.45) is 2.84. The van der Waals surface area contributed by atoms with Crippen LogP contribution in [0.5, 0.6) is 0 Å². The minimum Gasteiger partial charge on any atom is -0.452 e. The van der Waals surface area contributed by atoms with Crippen molar-refractivity contribution in [2.24, 2.45) is 0 Å². The number of nitrogens with one attached hydrogen (secondary N) is 1. The standard InChI is InChI=1S/C18H12ClN5O3/c19-14-5-6-16(24-11-21-10-22-24)15(7-14)23-17(25)9-27-18(26)13-3-1-12(8-20)2-4-13/h1-7,10-11H,9H2,(H,23,25). The van der Waals surface area contributed by atoms with E-state index in [1.54, 1.807) is 18.2 Å². The first-order valence-electron chi connectivity index (χ1n) is 7.68. The van der Waals surface area contributed by atoms with Crippen LogP contribution >= 0.6 is 11.6 Å². The number of anilines is 1. The molecule has 0 fully saturated rings. The molecule has 27 heavy (non-hydrogen) atoms. The first-order chi connectivity index (χ1) is 13.1. The highest BCUT2D eigenvalue weighted by atomic mass is 35.5. The fraction of sp³-hybridized carbons (Fsp3) is 0.0556. The summed E-state index contributed by atoms with van der Waals surface area (Å²) in [5.74, 6) is -1.21. The fourth-order valence-electron chi connectivity index (χ4n) is 2.22. The normalized spacial score (nSPS) is 10.1. The molecule has 8 nitrogen and oxygen atoms in total. The number of ether oxygens (including phenoxy) is 1. The monoisotopic (exact) mass is 381 g/mol. The molecule has 134 valence electrons. The van der Waals surface area contributed by atoms with E-state index in [9.17, 15) is 9.59 Å². The third-order valence-corrected chi connectivity index (χ3v) is 3.72. The molecule has 0 saturated carbocycles. The molecule has 1 amide bonds. The van der Waals surface area contributed by atoms with Crippen LogP contribution < -0.4 is 5.32 Å². The van der Waals surface area contributed by atoms with Gasteiger partial charge in [0.25, 0.3) is 5.91 Å². The molecule has 0 saturated heterocycles. The Balaban J connectivity index is 1.65. The van der Waals surface area contributed by atoms with Gasteiger partial charge in [0, 0.05) is 5.02 Å². The van der Waals surface area contributed by atoms with E-state index in [1.165, 1.54) is 41.6 Å². The molecule has 1 N–H and O–H groups in total. The molecule has 1 heterocycles. The second-order valence-corrected chi connectivity index (χ2v) is 5.75. The molecule has 0 bridgehead atoms. The summed E-state index contributed by atoms with van der Waals surface area (Å²) in [5.41, 5.74) is 1.62. The molecule has 3 aromatic rings. The van der Waals surface area contributed by atoms with Crippen LogP contribution in [0.15, 0.2) is 55.1 Å². The second-order valence-electron chi connectivity index (χ2n) is 5.31. The molecule has 9 heteroatoms. The van der Waals surface area contributed by atoms with E-state index >= 15 is 0 Å². The van der Waals surface area contributed by atoms with Gasteiger partial charge in [-0.05, 0) is 42.5 Å². The number of rotatable bonds is 5. The molecule has 0 aliphatic heterocycles. The predicted octanol–water partition coefficient (Wildman–Crippen LogP) is 2.59. The number of esters is 1. The Morgan fingerprint density at radius 2 is 2.00 bits per heavy atom. The van der Waals surface area contributed by atoms with Crippen LogP contribution in [-0.4, -0.2) is 33.2 Å². The lowest BCUT2D eigenvalue weighted by Crippen LogP contribution is -2.21. The summed E-state index contributed by atoms with van der Waals surface area (Å²) in [4.78, 5) is 28.0. The van der Waals surface area contributed by atoms with Crippen molar-refractivity contribution in [3.8, 4) is 11.8 Å². The van der Waals surface area contributed by atoms with Gasteiger partial charge in [0.1, 0.15) is 12.7 Å². The number of benzene rings is 2. The maximum Gasteiger partial charge on any atom is 0.338 e. The fourth-order valence-corrected chi connectivity index (χ4v) is 2.39. The minimum atomic E-state index is -0.669. The number of nitriles is 1. The summed E-state index contributed by atoms with van der Waals surface area (Å²) in [6.45, 7) is -0.484. The Kier molecular flexibility index (Phi) is 5.44. The third kappa shape index (κ3) is 4.48. The van der Waals surface area contributed by atoms with Gasteiger partial charge in [-0.1, -0.05) is 11.6 Å². The van der Waals surface area contributed by atoms with E-state index in [4.69, 9.17) is 21.6 Å². The van der Waals surface area contributed by atoms with E-state index in [2.05, 4.69) is 15.4 Å². The number of carbonyl (C=O) groups is 2. The lowest BCUT2D eigenvalue weighted by Gasteiger charge is -2.11. The van der Waals surface area contributed by atoms with E-state index in [0.29, 0.717) is 22.0 Å². The number of amides is 1. The molecule has 3 rings (SSSR count). The number of aromatic nitrogens is 3. The maximum absolute atomic E-state index is 12.2. The zero-order valence-corrected chi connectivity index (χ0v) is 14.6. The van der Waals surface area contributed by atoms with Crippen LogP contribution in [0.25, 0.3) is 5.69 Å². The number of halogens is 1. The average Bonchev–Trinajstić information content (AvgIpc) is 3.21. The Labute approximate surface area is 159 Å². The summed E-state index contributed by atoms with van der Waals surface area (Å²) in [5, 5.41) is 15.8. The Hall–Kier alpha value is -3.70. The zero-order valence-electron chi connectivity index (χ0n) is 13.8. The van der Waals surface area contributed by atoms with Crippen molar-refractivity contribution in [1.82, 2.24) is 14.8 Å². The molecule has 0 aliphatic rings. The zero-order chi connectivity index (χ0) is 19.2. The maximum atomic E-state index is 12.2. The molecule has 0 atom stereocenters. The van der Waals surface area contributed by atoms with Crippen LogP contribution in [0.4, 0.5) is 5.69 Å². The summed E-state index contributed by atoms with van der Waals surface area (Å²) >= 11 is 5.99. The van der Waals surface area contributed by atoms with Gasteiger partial charge in [-0.3, -0.25) is 4.79 Å². The third-order valence-electron chi connectivity index (χ3n) is 3.48. The summed E-state index contributed by atoms with van der Waals surface area (Å²) in [7, 11) is 0. The van der Waals surface area contributed by atoms with Gasteiger partial charge in [0.15, 0.2) is 6.61 Å². The van der Waals surface area contributed by atoms with Crippen molar-refractivity contribution in [3.05, 3.63) is 71.3 Å². The van der Waals surface area contributed by atoms with Crippen LogP contribution in [0.2, 0.25) is 5.02 Å². The number of hydrogen-bond acceptors (Lipinski definition) is 6. The summed E-state index contributed by atoms with van der Waals surface area (Å²) < 4.78 is 6.46. The molecular formula is C18H12ClN5O3. The smallest absolute Gasteiger partial charge is 0.338 e. The van der Waals surface area contributed by atoms with Gasteiger partial charge in [-0.15, -0.1) is 0 Å². The molecule has 2 aromatic carbocycles. The van der Waals surface area contributed by atoms with Crippen molar-refractivity contribution >= 4 is 29.2 Å². The molecule has 1 aromatic heterocycles. The highest BCUT2D eigenvalue weighted by Gasteiger charge is 2.13. The quantitative estimate of drug-likeness (QED) is 0.680. The largest absolute Gasteiger partial charge is 0.452 e. The van der Waals surface area contributed by atoms with Gasteiger partial charge in [-0.2, -0.15) is 10.4 Å². The number of hydrogen-bond donors (Lipinski definition) is 1. The Morgan fingerprint density at radius 3 is 2.67 bits per heavy atom. The van der Waals surface area contributed by atoms with Crippen molar-refractivity contribution in [1.29, 1.82) is 5.26 Å². The van der Waals surface area contributed by atoms with E-state index in [1.807, 2.05) is 6.07 Å².